The molecule has 0 aliphatic heterocycles. The van der Waals surface area contributed by atoms with Crippen LogP contribution in [0, 0.1) is 15.9 Å². The first kappa shape index (κ1) is 14.4. The first-order valence-electron chi connectivity index (χ1n) is 5.70. The molecular formula is C13H10BrFN2O3. The summed E-state index contributed by atoms with van der Waals surface area (Å²) in [5, 5.41) is 10.9. The van der Waals surface area contributed by atoms with E-state index in [2.05, 4.69) is 20.9 Å². The Hall–Kier alpha value is -2.02. The SMILES string of the molecule is C[C@@H](Oc1cccnc1[N+](=O)[O-])c1ccc(F)cc1Br. The zero-order chi connectivity index (χ0) is 14.7. The Bertz CT molecular complexity index is 651. The standard InChI is InChI=1S/C13H10BrFN2O3/c1-8(10-5-4-9(15)7-11(10)14)20-12-3-2-6-16-13(12)17(18)19/h2-8H,1H3/t8-/m1/s1. The van der Waals surface area contributed by atoms with E-state index in [1.54, 1.807) is 19.1 Å². The number of aromatic nitrogens is 1. The molecule has 7 heteroatoms. The van der Waals surface area contributed by atoms with E-state index in [0.717, 1.165) is 0 Å². The molecule has 0 N–H and O–H groups in total. The summed E-state index contributed by atoms with van der Waals surface area (Å²) < 4.78 is 19.1. The third-order valence-corrected chi connectivity index (χ3v) is 3.31. The van der Waals surface area contributed by atoms with Gasteiger partial charge in [-0.3, -0.25) is 0 Å². The van der Waals surface area contributed by atoms with Gasteiger partial charge in [-0.15, -0.1) is 0 Å². The van der Waals surface area contributed by atoms with Crippen molar-refractivity contribution < 1.29 is 14.1 Å². The molecule has 0 saturated heterocycles. The van der Waals surface area contributed by atoms with Crippen molar-refractivity contribution in [1.29, 1.82) is 0 Å². The molecule has 1 aromatic heterocycles. The normalized spacial score (nSPS) is 11.9. The van der Waals surface area contributed by atoms with Crippen molar-refractivity contribution in [3.63, 3.8) is 0 Å². The molecule has 0 fully saturated rings. The van der Waals surface area contributed by atoms with E-state index in [9.17, 15) is 14.5 Å². The zero-order valence-electron chi connectivity index (χ0n) is 10.4. The van der Waals surface area contributed by atoms with Crippen molar-refractivity contribution in [1.82, 2.24) is 4.98 Å². The van der Waals surface area contributed by atoms with Crippen LogP contribution in [0.3, 0.4) is 0 Å². The van der Waals surface area contributed by atoms with Crippen LogP contribution in [0.5, 0.6) is 5.75 Å². The molecule has 0 aliphatic carbocycles. The average Bonchev–Trinajstić information content (AvgIpc) is 2.38. The lowest BCUT2D eigenvalue weighted by atomic mass is 10.1. The largest absolute Gasteiger partial charge is 0.478 e. The van der Waals surface area contributed by atoms with Gasteiger partial charge in [0, 0.05) is 10.0 Å². The maximum absolute atomic E-state index is 13.0. The van der Waals surface area contributed by atoms with E-state index in [4.69, 9.17) is 4.74 Å². The number of nitro groups is 1. The van der Waals surface area contributed by atoms with Gasteiger partial charge in [-0.1, -0.05) is 22.0 Å². The maximum Gasteiger partial charge on any atom is 0.406 e. The summed E-state index contributed by atoms with van der Waals surface area (Å²) in [5.74, 6) is -0.654. The van der Waals surface area contributed by atoms with Crippen LogP contribution < -0.4 is 4.74 Å². The van der Waals surface area contributed by atoms with Crippen LogP contribution in [0.15, 0.2) is 41.0 Å². The molecule has 0 bridgehead atoms. The van der Waals surface area contributed by atoms with Crippen LogP contribution in [0.1, 0.15) is 18.6 Å². The van der Waals surface area contributed by atoms with Gasteiger partial charge in [-0.2, -0.15) is 0 Å². The molecule has 1 atom stereocenters. The fourth-order valence-electron chi connectivity index (χ4n) is 1.70. The van der Waals surface area contributed by atoms with E-state index >= 15 is 0 Å². The smallest absolute Gasteiger partial charge is 0.406 e. The molecule has 0 radical (unpaired) electrons. The topological polar surface area (TPSA) is 65.3 Å². The Kier molecular flexibility index (Phi) is 4.29. The first-order valence-corrected chi connectivity index (χ1v) is 6.49. The Morgan fingerprint density at radius 1 is 1.45 bits per heavy atom. The minimum Gasteiger partial charge on any atom is -0.478 e. The molecule has 1 heterocycles. The van der Waals surface area contributed by atoms with Gasteiger partial charge in [0.1, 0.15) is 18.1 Å². The van der Waals surface area contributed by atoms with Gasteiger partial charge in [0.25, 0.3) is 0 Å². The van der Waals surface area contributed by atoms with Gasteiger partial charge in [0.15, 0.2) is 0 Å². The number of ether oxygens (including phenoxy) is 1. The van der Waals surface area contributed by atoms with Crippen molar-refractivity contribution in [3.05, 3.63) is 62.5 Å². The molecule has 0 spiro atoms. The first-order chi connectivity index (χ1) is 9.49. The highest BCUT2D eigenvalue weighted by molar-refractivity contribution is 9.10. The summed E-state index contributed by atoms with van der Waals surface area (Å²) in [6.45, 7) is 1.72. The minimum absolute atomic E-state index is 0.0706. The Labute approximate surface area is 122 Å². The molecule has 2 rings (SSSR count). The Balaban J connectivity index is 2.28. The Morgan fingerprint density at radius 3 is 2.85 bits per heavy atom. The highest BCUT2D eigenvalue weighted by Gasteiger charge is 2.19. The van der Waals surface area contributed by atoms with Gasteiger partial charge in [0.2, 0.25) is 5.75 Å². The molecule has 0 amide bonds. The average molecular weight is 341 g/mol. The fraction of sp³-hybridized carbons (Fsp3) is 0.154. The third-order valence-electron chi connectivity index (χ3n) is 2.63. The monoisotopic (exact) mass is 340 g/mol. The molecular weight excluding hydrogens is 331 g/mol. The van der Waals surface area contributed by atoms with E-state index in [1.165, 1.54) is 24.4 Å². The number of halogens is 2. The molecule has 104 valence electrons. The summed E-state index contributed by atoms with van der Waals surface area (Å²) in [4.78, 5) is 13.9. The number of pyridine rings is 1. The molecule has 0 unspecified atom stereocenters. The summed E-state index contributed by atoms with van der Waals surface area (Å²) in [5.41, 5.74) is 0.685. The van der Waals surface area contributed by atoms with Crippen LogP contribution in [0.4, 0.5) is 10.2 Å². The van der Waals surface area contributed by atoms with Crippen molar-refractivity contribution in [2.24, 2.45) is 0 Å². The lowest BCUT2D eigenvalue weighted by Crippen LogP contribution is -2.06. The maximum atomic E-state index is 13.0. The zero-order valence-corrected chi connectivity index (χ0v) is 12.0. The summed E-state index contributed by atoms with van der Waals surface area (Å²) in [6, 6.07) is 7.20. The van der Waals surface area contributed by atoms with Crippen LogP contribution in [-0.2, 0) is 0 Å². The highest BCUT2D eigenvalue weighted by atomic mass is 79.9. The van der Waals surface area contributed by atoms with Crippen molar-refractivity contribution >= 4 is 21.7 Å². The van der Waals surface area contributed by atoms with Crippen LogP contribution >= 0.6 is 15.9 Å². The Morgan fingerprint density at radius 2 is 2.20 bits per heavy atom. The molecule has 20 heavy (non-hydrogen) atoms. The predicted octanol–water partition coefficient (Wildman–Crippen LogP) is 4.03. The minimum atomic E-state index is -0.609. The predicted molar refractivity (Wildman–Crippen MR) is 74.0 cm³/mol. The van der Waals surface area contributed by atoms with Crippen LogP contribution in [0.2, 0.25) is 0 Å². The van der Waals surface area contributed by atoms with E-state index in [0.29, 0.717) is 10.0 Å². The van der Waals surface area contributed by atoms with E-state index in [1.807, 2.05) is 0 Å². The van der Waals surface area contributed by atoms with E-state index < -0.39 is 11.0 Å². The van der Waals surface area contributed by atoms with Crippen molar-refractivity contribution in [2.45, 2.75) is 13.0 Å². The second kappa shape index (κ2) is 5.96. The van der Waals surface area contributed by atoms with Gasteiger partial charge in [0.05, 0.1) is 0 Å². The van der Waals surface area contributed by atoms with Gasteiger partial charge in [-0.25, -0.2) is 4.39 Å². The van der Waals surface area contributed by atoms with Gasteiger partial charge < -0.3 is 14.9 Å². The number of rotatable bonds is 4. The summed E-state index contributed by atoms with van der Waals surface area (Å²) >= 11 is 3.24. The third kappa shape index (κ3) is 3.11. The highest BCUT2D eigenvalue weighted by Crippen LogP contribution is 2.31. The molecule has 5 nitrogen and oxygen atoms in total. The molecule has 0 saturated carbocycles. The molecule has 2 aromatic rings. The van der Waals surface area contributed by atoms with Gasteiger partial charge in [-0.05, 0) is 41.1 Å². The molecule has 0 aliphatic rings. The number of benzene rings is 1. The van der Waals surface area contributed by atoms with Crippen molar-refractivity contribution in [3.8, 4) is 5.75 Å². The van der Waals surface area contributed by atoms with Gasteiger partial charge >= 0.3 is 5.82 Å². The summed E-state index contributed by atoms with van der Waals surface area (Å²) in [7, 11) is 0. The number of hydrogen-bond donors (Lipinski definition) is 0. The van der Waals surface area contributed by atoms with Crippen molar-refractivity contribution in [2.75, 3.05) is 0 Å². The van der Waals surface area contributed by atoms with Crippen LogP contribution in [-0.4, -0.2) is 9.91 Å². The second-order valence-electron chi connectivity index (χ2n) is 4.01. The number of nitrogens with zero attached hydrogens (tertiary/aromatic N) is 2. The second-order valence-corrected chi connectivity index (χ2v) is 4.86. The van der Waals surface area contributed by atoms with E-state index in [-0.39, 0.29) is 17.4 Å². The summed E-state index contributed by atoms with van der Waals surface area (Å²) in [6.07, 6.45) is 0.830. The fourth-order valence-corrected chi connectivity index (χ4v) is 2.37. The lowest BCUT2D eigenvalue weighted by Gasteiger charge is -2.16. The number of hydrogen-bond acceptors (Lipinski definition) is 4. The van der Waals surface area contributed by atoms with Crippen LogP contribution in [0.25, 0.3) is 0 Å². The molecule has 1 aromatic carbocycles. The quantitative estimate of drug-likeness (QED) is 0.622. The lowest BCUT2D eigenvalue weighted by molar-refractivity contribution is -0.390.